The molecule has 0 aliphatic heterocycles. The van der Waals surface area contributed by atoms with Gasteiger partial charge in [-0.2, -0.15) is 16.8 Å². The normalized spacial score (nSPS) is 12.6. The monoisotopic (exact) mass is 362 g/mol. The van der Waals surface area contributed by atoms with E-state index >= 15 is 0 Å². The van der Waals surface area contributed by atoms with Gasteiger partial charge in [0.25, 0.3) is 5.82 Å². The number of hydrogen-bond donors (Lipinski definition) is 2. The number of hydrogen-bond acceptors (Lipinski definition) is 8. The topological polar surface area (TPSA) is 192 Å². The van der Waals surface area contributed by atoms with Gasteiger partial charge in [-0.25, -0.2) is 0 Å². The molecule has 1 heterocycles. The Bertz CT molecular complexity index is 761. The minimum atomic E-state index is -5.62. The molecule has 0 saturated heterocycles. The van der Waals surface area contributed by atoms with Crippen molar-refractivity contribution in [3.8, 4) is 0 Å². The van der Waals surface area contributed by atoms with Gasteiger partial charge in [-0.05, 0) is 0 Å². The number of nitrogens with zero attached hydrogens (tertiary/aromatic N) is 2. The summed E-state index contributed by atoms with van der Waals surface area (Å²) >= 11 is -5.62. The van der Waals surface area contributed by atoms with Crippen LogP contribution in [-0.2, 0) is 45.1 Å². The first-order chi connectivity index (χ1) is 8.14. The summed E-state index contributed by atoms with van der Waals surface area (Å²) in [7, 11) is -9.11. The van der Waals surface area contributed by atoms with Crippen molar-refractivity contribution in [1.82, 2.24) is 3.97 Å². The second kappa shape index (κ2) is 5.49. The first kappa shape index (κ1) is 17.9. The Morgan fingerprint density at radius 1 is 1.21 bits per heavy atom. The van der Waals surface area contributed by atoms with Gasteiger partial charge in [0.2, 0.25) is 0 Å². The zero-order valence-electron chi connectivity index (χ0n) is 8.90. The first-order valence-corrected chi connectivity index (χ1v) is 8.53. The number of rotatable bonds is 2. The van der Waals surface area contributed by atoms with Crippen LogP contribution in [0.5, 0.6) is 0 Å². The molecule has 1 rings (SSSR count). The summed E-state index contributed by atoms with van der Waals surface area (Å²) < 4.78 is 94.6. The fourth-order valence-electron chi connectivity index (χ4n) is 0.922. The van der Waals surface area contributed by atoms with E-state index in [2.05, 4.69) is 0 Å². The quantitative estimate of drug-likeness (QED) is 0.308. The molecule has 19 heavy (non-hydrogen) atoms. The molecule has 0 atom stereocenters. The summed E-state index contributed by atoms with van der Waals surface area (Å²) in [5.74, 6) is -0.366. The molecular formula is C4H7MnN2O10S2. The maximum absolute atomic E-state index is 10.6. The van der Waals surface area contributed by atoms with E-state index in [1.807, 2.05) is 0 Å². The van der Waals surface area contributed by atoms with E-state index in [4.69, 9.17) is 24.8 Å². The molecule has 0 spiro atoms. The third-order valence-corrected chi connectivity index (χ3v) is 3.24. The fourth-order valence-corrected chi connectivity index (χ4v) is 2.23. The van der Waals surface area contributed by atoms with Crippen molar-refractivity contribution < 1.29 is 58.6 Å². The van der Waals surface area contributed by atoms with Crippen molar-refractivity contribution in [3.63, 3.8) is 0 Å². The van der Waals surface area contributed by atoms with Crippen LogP contribution in [0.1, 0.15) is 5.82 Å². The van der Waals surface area contributed by atoms with Crippen LogP contribution in [0.4, 0.5) is 0 Å². The van der Waals surface area contributed by atoms with Crippen LogP contribution < -0.4 is 8.16 Å². The molecule has 0 unspecified atom stereocenters. The Morgan fingerprint density at radius 2 is 1.58 bits per heavy atom. The van der Waals surface area contributed by atoms with Crippen LogP contribution in [-0.4, -0.2) is 29.9 Å². The average molecular weight is 362 g/mol. The van der Waals surface area contributed by atoms with Crippen LogP contribution in [0, 0.1) is 6.92 Å². The third-order valence-electron chi connectivity index (χ3n) is 1.47. The van der Waals surface area contributed by atoms with Crippen LogP contribution in [0.2, 0.25) is 0 Å². The number of imidazole rings is 1. The van der Waals surface area contributed by atoms with E-state index in [0.717, 1.165) is 19.3 Å². The molecule has 2 N–H and O–H groups in total. The summed E-state index contributed by atoms with van der Waals surface area (Å²) in [6.07, 6.45) is 1.58. The zero-order valence-corrected chi connectivity index (χ0v) is 11.7. The van der Waals surface area contributed by atoms with E-state index in [9.17, 15) is 16.8 Å². The Kier molecular flexibility index (Phi) is 5.18. The summed E-state index contributed by atoms with van der Waals surface area (Å²) in [4.78, 5) is 0. The van der Waals surface area contributed by atoms with Crippen molar-refractivity contribution in [1.29, 1.82) is 0 Å². The summed E-state index contributed by atoms with van der Waals surface area (Å²) in [6.45, 7) is 1.10. The summed E-state index contributed by atoms with van der Waals surface area (Å²) in [5.41, 5.74) is 0. The molecule has 0 aliphatic rings. The Labute approximate surface area is 108 Å². The van der Waals surface area contributed by atoms with Crippen LogP contribution in [0.3, 0.4) is 0 Å². The van der Waals surface area contributed by atoms with Gasteiger partial charge in [0, 0.05) is 6.92 Å². The van der Waals surface area contributed by atoms with E-state index in [1.165, 1.54) is 0 Å². The van der Waals surface area contributed by atoms with Gasteiger partial charge >= 0.3 is 49.3 Å². The van der Waals surface area contributed by atoms with Gasteiger partial charge in [0.15, 0.2) is 12.4 Å². The van der Waals surface area contributed by atoms with Crippen molar-refractivity contribution in [2.45, 2.75) is 6.92 Å². The SMILES string of the molecule is Cc1n(S(=O)(=O)O)cc[n+]1S(=O)(=O)O.[O]=[Mn](=[O])(=[O])[O-]. The Balaban J connectivity index is 0.000000555. The molecular weight excluding hydrogens is 355 g/mol. The van der Waals surface area contributed by atoms with Crippen molar-refractivity contribution in [3.05, 3.63) is 18.2 Å². The molecule has 0 amide bonds. The van der Waals surface area contributed by atoms with Gasteiger partial charge in [-0.3, -0.25) is 9.11 Å². The zero-order chi connectivity index (χ0) is 15.6. The summed E-state index contributed by atoms with van der Waals surface area (Å²) in [5, 5.41) is 0. The van der Waals surface area contributed by atoms with Gasteiger partial charge in [-0.1, -0.05) is 7.94 Å². The fraction of sp³-hybridized carbons (Fsp3) is 0.250. The second-order valence-corrected chi connectivity index (χ2v) is 6.53. The molecule has 0 saturated carbocycles. The van der Waals surface area contributed by atoms with Gasteiger partial charge in [0.1, 0.15) is 0 Å². The molecule has 0 radical (unpaired) electrons. The van der Waals surface area contributed by atoms with Crippen molar-refractivity contribution >= 4 is 20.6 Å². The molecule has 0 aromatic carbocycles. The van der Waals surface area contributed by atoms with Gasteiger partial charge in [0.05, 0.1) is 0 Å². The van der Waals surface area contributed by atoms with E-state index < -0.39 is 33.6 Å². The average Bonchev–Trinajstić information content (AvgIpc) is 2.40. The molecule has 112 valence electrons. The predicted molar refractivity (Wildman–Crippen MR) is 45.3 cm³/mol. The van der Waals surface area contributed by atoms with E-state index in [0.29, 0.717) is 7.94 Å². The first-order valence-electron chi connectivity index (χ1n) is 3.81. The van der Waals surface area contributed by atoms with Gasteiger partial charge < -0.3 is 0 Å². The predicted octanol–water partition coefficient (Wildman–Crippen LogP) is -3.16. The summed E-state index contributed by atoms with van der Waals surface area (Å²) in [6, 6.07) is 0. The molecule has 0 bridgehead atoms. The molecule has 1 aromatic rings. The van der Waals surface area contributed by atoms with E-state index in [1.54, 1.807) is 0 Å². The molecule has 12 nitrogen and oxygen atoms in total. The Morgan fingerprint density at radius 3 is 1.74 bits per heavy atom. The van der Waals surface area contributed by atoms with Gasteiger partial charge in [-0.15, -0.1) is 0 Å². The standard InChI is InChI=1S/C4H6N2O6S2.Mn.4O/c1-4-5(13(7,8)9)2-3-6(4)14(10,11)12;;;;;/h2-3H,1H3,(H-,7,8,9,10,11,12);;;;;/q;;;;;-1/p+1. The molecule has 1 aromatic heterocycles. The number of aromatic nitrogens is 2. The second-order valence-electron chi connectivity index (χ2n) is 2.77. The van der Waals surface area contributed by atoms with Crippen molar-refractivity contribution in [2.75, 3.05) is 0 Å². The van der Waals surface area contributed by atoms with E-state index in [-0.39, 0.29) is 5.82 Å². The Hall–Kier alpha value is -1.09. The van der Waals surface area contributed by atoms with Crippen LogP contribution in [0.15, 0.2) is 12.4 Å². The van der Waals surface area contributed by atoms with Crippen LogP contribution in [0.25, 0.3) is 0 Å². The van der Waals surface area contributed by atoms with Crippen LogP contribution >= 0.6 is 0 Å². The minimum absolute atomic E-state index is 0.306. The third kappa shape index (κ3) is 6.58. The van der Waals surface area contributed by atoms with Crippen molar-refractivity contribution in [2.24, 2.45) is 0 Å². The molecule has 0 fully saturated rings. The molecule has 15 heteroatoms. The maximum atomic E-state index is 10.6. The molecule has 0 aliphatic carbocycles.